The molecule has 1 rings (SSSR count). The Balaban J connectivity index is 2.37. The van der Waals surface area contributed by atoms with Crippen molar-refractivity contribution in [3.63, 3.8) is 0 Å². The van der Waals surface area contributed by atoms with Crippen LogP contribution in [0.3, 0.4) is 0 Å². The predicted molar refractivity (Wildman–Crippen MR) is 59.2 cm³/mol. The summed E-state index contributed by atoms with van der Waals surface area (Å²) in [7, 11) is 0. The van der Waals surface area contributed by atoms with E-state index in [2.05, 4.69) is 31.2 Å². The van der Waals surface area contributed by atoms with Crippen LogP contribution in [0.1, 0.15) is 25.8 Å². The fraction of sp³-hybridized carbons (Fsp3) is 0.462. The minimum atomic E-state index is 0.179. The maximum absolute atomic E-state index is 10.6. The van der Waals surface area contributed by atoms with Crippen LogP contribution in [-0.2, 0) is 11.2 Å². The first kappa shape index (κ1) is 11.0. The van der Waals surface area contributed by atoms with E-state index in [1.807, 2.05) is 13.0 Å². The SMILES string of the molecule is C[C@@H](C=O)[C@@H](C)CCc1ccccc1. The van der Waals surface area contributed by atoms with Crippen molar-refractivity contribution in [2.75, 3.05) is 0 Å². The molecule has 0 bridgehead atoms. The minimum Gasteiger partial charge on any atom is -0.303 e. The molecule has 0 heterocycles. The molecule has 0 fully saturated rings. The minimum absolute atomic E-state index is 0.179. The average molecular weight is 190 g/mol. The standard InChI is InChI=1S/C13H18O/c1-11(12(2)10-14)8-9-13-6-4-3-5-7-13/h3-7,10-12H,8-9H2,1-2H3/t11-,12-/m0/s1. The van der Waals surface area contributed by atoms with Crippen LogP contribution in [0.2, 0.25) is 0 Å². The lowest BCUT2D eigenvalue weighted by Gasteiger charge is -2.13. The molecule has 1 aromatic rings. The summed E-state index contributed by atoms with van der Waals surface area (Å²) < 4.78 is 0. The number of carbonyl (C=O) groups is 1. The van der Waals surface area contributed by atoms with E-state index in [0.29, 0.717) is 5.92 Å². The second-order valence-electron chi connectivity index (χ2n) is 4.00. The highest BCUT2D eigenvalue weighted by Crippen LogP contribution is 2.15. The molecule has 2 atom stereocenters. The van der Waals surface area contributed by atoms with E-state index in [4.69, 9.17) is 0 Å². The van der Waals surface area contributed by atoms with Gasteiger partial charge in [0, 0.05) is 5.92 Å². The Morgan fingerprint density at radius 1 is 1.21 bits per heavy atom. The molecule has 1 heteroatoms. The summed E-state index contributed by atoms with van der Waals surface area (Å²) in [5.41, 5.74) is 1.36. The van der Waals surface area contributed by atoms with Gasteiger partial charge in [0.15, 0.2) is 0 Å². The van der Waals surface area contributed by atoms with Gasteiger partial charge in [-0.05, 0) is 24.3 Å². The van der Waals surface area contributed by atoms with E-state index in [1.54, 1.807) is 0 Å². The topological polar surface area (TPSA) is 17.1 Å². The quantitative estimate of drug-likeness (QED) is 0.652. The molecule has 0 aliphatic heterocycles. The molecule has 0 N–H and O–H groups in total. The Labute approximate surface area is 86.1 Å². The van der Waals surface area contributed by atoms with Crippen molar-refractivity contribution in [3.05, 3.63) is 35.9 Å². The van der Waals surface area contributed by atoms with E-state index < -0.39 is 0 Å². The lowest BCUT2D eigenvalue weighted by atomic mass is 9.91. The third-order valence-electron chi connectivity index (χ3n) is 2.84. The van der Waals surface area contributed by atoms with E-state index in [1.165, 1.54) is 5.56 Å². The fourth-order valence-electron chi connectivity index (χ4n) is 1.44. The first-order valence-corrected chi connectivity index (χ1v) is 5.23. The maximum Gasteiger partial charge on any atom is 0.123 e. The fourth-order valence-corrected chi connectivity index (χ4v) is 1.44. The zero-order chi connectivity index (χ0) is 10.4. The van der Waals surface area contributed by atoms with Crippen molar-refractivity contribution in [1.29, 1.82) is 0 Å². The van der Waals surface area contributed by atoms with Gasteiger partial charge in [0.25, 0.3) is 0 Å². The van der Waals surface area contributed by atoms with Crippen LogP contribution >= 0.6 is 0 Å². The molecule has 14 heavy (non-hydrogen) atoms. The molecule has 0 amide bonds. The summed E-state index contributed by atoms with van der Waals surface area (Å²) in [4.78, 5) is 10.6. The van der Waals surface area contributed by atoms with E-state index in [9.17, 15) is 4.79 Å². The van der Waals surface area contributed by atoms with E-state index in [0.717, 1.165) is 19.1 Å². The van der Waals surface area contributed by atoms with Gasteiger partial charge in [-0.1, -0.05) is 44.2 Å². The van der Waals surface area contributed by atoms with Gasteiger partial charge in [-0.2, -0.15) is 0 Å². The zero-order valence-corrected chi connectivity index (χ0v) is 8.94. The third-order valence-corrected chi connectivity index (χ3v) is 2.84. The zero-order valence-electron chi connectivity index (χ0n) is 8.94. The van der Waals surface area contributed by atoms with Crippen molar-refractivity contribution in [2.24, 2.45) is 11.8 Å². The molecule has 1 nitrogen and oxygen atoms in total. The van der Waals surface area contributed by atoms with Crippen molar-refractivity contribution < 1.29 is 4.79 Å². The molecule has 0 aliphatic carbocycles. The van der Waals surface area contributed by atoms with Crippen LogP contribution < -0.4 is 0 Å². The van der Waals surface area contributed by atoms with Crippen LogP contribution in [-0.4, -0.2) is 6.29 Å². The molecule has 0 radical (unpaired) electrons. The monoisotopic (exact) mass is 190 g/mol. The Morgan fingerprint density at radius 3 is 2.43 bits per heavy atom. The van der Waals surface area contributed by atoms with Crippen LogP contribution in [0.5, 0.6) is 0 Å². The van der Waals surface area contributed by atoms with Gasteiger partial charge in [0.05, 0.1) is 0 Å². The van der Waals surface area contributed by atoms with Gasteiger partial charge in [-0.15, -0.1) is 0 Å². The Morgan fingerprint density at radius 2 is 1.86 bits per heavy atom. The largest absolute Gasteiger partial charge is 0.303 e. The molecular weight excluding hydrogens is 172 g/mol. The number of rotatable bonds is 5. The Kier molecular flexibility index (Phi) is 4.37. The van der Waals surface area contributed by atoms with Crippen molar-refractivity contribution >= 4 is 6.29 Å². The average Bonchev–Trinajstić information content (AvgIpc) is 2.26. The van der Waals surface area contributed by atoms with E-state index in [-0.39, 0.29) is 5.92 Å². The summed E-state index contributed by atoms with van der Waals surface area (Å²) in [5.74, 6) is 0.659. The second-order valence-corrected chi connectivity index (χ2v) is 4.00. The molecule has 1 aromatic carbocycles. The Hall–Kier alpha value is -1.11. The van der Waals surface area contributed by atoms with Gasteiger partial charge < -0.3 is 4.79 Å². The highest BCUT2D eigenvalue weighted by atomic mass is 16.1. The molecule has 0 spiro atoms. The lowest BCUT2D eigenvalue weighted by Crippen LogP contribution is -2.10. The molecular formula is C13H18O. The molecule has 0 unspecified atom stereocenters. The molecule has 0 aromatic heterocycles. The summed E-state index contributed by atoms with van der Waals surface area (Å²) in [6.07, 6.45) is 3.21. The molecule has 0 saturated carbocycles. The molecule has 0 saturated heterocycles. The van der Waals surface area contributed by atoms with E-state index >= 15 is 0 Å². The number of hydrogen-bond acceptors (Lipinski definition) is 1. The maximum atomic E-state index is 10.6. The van der Waals surface area contributed by atoms with Crippen LogP contribution in [0.25, 0.3) is 0 Å². The van der Waals surface area contributed by atoms with Crippen molar-refractivity contribution in [2.45, 2.75) is 26.7 Å². The summed E-state index contributed by atoms with van der Waals surface area (Å²) in [6, 6.07) is 10.4. The van der Waals surface area contributed by atoms with Crippen LogP contribution in [0.4, 0.5) is 0 Å². The first-order chi connectivity index (χ1) is 6.74. The summed E-state index contributed by atoms with van der Waals surface area (Å²) in [6.45, 7) is 4.13. The summed E-state index contributed by atoms with van der Waals surface area (Å²) in [5, 5.41) is 0. The van der Waals surface area contributed by atoms with Gasteiger partial charge in [0.1, 0.15) is 6.29 Å². The number of benzene rings is 1. The number of hydrogen-bond donors (Lipinski definition) is 0. The van der Waals surface area contributed by atoms with Crippen molar-refractivity contribution in [1.82, 2.24) is 0 Å². The van der Waals surface area contributed by atoms with Crippen LogP contribution in [0.15, 0.2) is 30.3 Å². The lowest BCUT2D eigenvalue weighted by molar-refractivity contribution is -0.111. The van der Waals surface area contributed by atoms with Crippen LogP contribution in [0, 0.1) is 11.8 Å². The Bertz CT molecular complexity index is 266. The first-order valence-electron chi connectivity index (χ1n) is 5.23. The van der Waals surface area contributed by atoms with Gasteiger partial charge in [0.2, 0.25) is 0 Å². The number of carbonyl (C=O) groups excluding carboxylic acids is 1. The highest BCUT2D eigenvalue weighted by Gasteiger charge is 2.10. The van der Waals surface area contributed by atoms with Crippen molar-refractivity contribution in [3.8, 4) is 0 Å². The van der Waals surface area contributed by atoms with Gasteiger partial charge in [-0.3, -0.25) is 0 Å². The molecule has 0 aliphatic rings. The third kappa shape index (κ3) is 3.33. The molecule has 76 valence electrons. The van der Waals surface area contributed by atoms with Gasteiger partial charge >= 0.3 is 0 Å². The second kappa shape index (κ2) is 5.58. The number of aldehydes is 1. The summed E-state index contributed by atoms with van der Waals surface area (Å²) >= 11 is 0. The van der Waals surface area contributed by atoms with Gasteiger partial charge in [-0.25, -0.2) is 0 Å². The normalized spacial score (nSPS) is 14.7. The highest BCUT2D eigenvalue weighted by molar-refractivity contribution is 5.53. The smallest absolute Gasteiger partial charge is 0.123 e. The predicted octanol–water partition coefficient (Wildman–Crippen LogP) is 3.09. The number of aryl methyl sites for hydroxylation is 1.